The van der Waals surface area contributed by atoms with E-state index >= 15 is 0 Å². The van der Waals surface area contributed by atoms with Gasteiger partial charge >= 0.3 is 43.2 Å². The van der Waals surface area contributed by atoms with Crippen molar-refractivity contribution in [3.63, 3.8) is 0 Å². The predicted molar refractivity (Wildman–Crippen MR) is 86.5 cm³/mol. The average Bonchev–Trinajstić information content (AvgIpc) is 2.02. The molecule has 0 saturated carbocycles. The lowest BCUT2D eigenvalue weighted by molar-refractivity contribution is 0.380. The SMILES string of the molecule is C.C.C.C.C.O.O=O.O=S(=O)(O)O.O=S(=O)=O.O=S(=O)=O.O=S=O. The smallest absolute Gasteiger partial charge is 0.412 e. The molecule has 158 valence electrons. The van der Waals surface area contributed by atoms with Crippen LogP contribution in [0.5, 0.6) is 0 Å². The molecule has 0 heterocycles. The number of hydrogen-bond acceptors (Lipinski definition) is 12. The fourth-order valence-corrected chi connectivity index (χ4v) is 0. The standard InChI is InChI=1S/5CH4.H2O4S.2O3S.O2S.O2.H2O/c;;;;;1-5(2,3)4;2*1-4(2)3;1-3-2;1-2;/h5*1H4;(H2,1,2,3,4);;;;;1H2. The maximum atomic E-state index is 8.74. The van der Waals surface area contributed by atoms with Crippen molar-refractivity contribution in [1.29, 1.82) is 0 Å². The Kier molecular flexibility index (Phi) is 224. The van der Waals surface area contributed by atoms with Gasteiger partial charge in [-0.3, -0.25) is 9.11 Å². The third kappa shape index (κ3) is 3410. The molecule has 0 rings (SSSR count). The van der Waals surface area contributed by atoms with E-state index in [2.05, 4.69) is 0 Å². The van der Waals surface area contributed by atoms with Gasteiger partial charge in [0.25, 0.3) is 0 Å². The van der Waals surface area contributed by atoms with E-state index in [-0.39, 0.29) is 42.6 Å². The van der Waals surface area contributed by atoms with Crippen molar-refractivity contribution in [2.75, 3.05) is 0 Å². The maximum Gasteiger partial charge on any atom is 0.425 e. The zero-order valence-electron chi connectivity index (χ0n) is 7.93. The monoisotopic (exact) mass is 452 g/mol. The molecule has 0 aliphatic rings. The highest BCUT2D eigenvalue weighted by molar-refractivity contribution is 7.79. The van der Waals surface area contributed by atoms with Crippen LogP contribution in [-0.4, -0.2) is 56.7 Å². The van der Waals surface area contributed by atoms with Crippen molar-refractivity contribution in [2.45, 2.75) is 37.1 Å². The highest BCUT2D eigenvalue weighted by Crippen LogP contribution is 1.59. The van der Waals surface area contributed by atoms with Crippen molar-refractivity contribution >= 4 is 43.2 Å². The Morgan fingerprint density at radius 2 is 0.625 bits per heavy atom. The first-order valence-corrected chi connectivity index (χ1v) is 6.26. The molecule has 0 amide bonds. The molecule has 0 radical (unpaired) electrons. The lowest BCUT2D eigenvalue weighted by atomic mass is 12.0. The summed E-state index contributed by atoms with van der Waals surface area (Å²) < 4.78 is 98.8. The fourth-order valence-electron chi connectivity index (χ4n) is 0. The highest BCUT2D eigenvalue weighted by Gasteiger charge is 1.84. The minimum atomic E-state index is -4.67. The molecule has 0 aromatic carbocycles. The normalized spacial score (nSPS) is 5.08. The zero-order valence-corrected chi connectivity index (χ0v) is 11.2. The van der Waals surface area contributed by atoms with E-state index in [9.17, 15) is 0 Å². The van der Waals surface area contributed by atoms with E-state index in [0.29, 0.717) is 0 Å². The van der Waals surface area contributed by atoms with Gasteiger partial charge in [-0.15, -0.1) is 25.3 Å². The number of rotatable bonds is 0. The first-order chi connectivity index (χ1) is 7.88. The Balaban J connectivity index is -0.00000000941. The minimum absolute atomic E-state index is 0. The molecule has 24 heavy (non-hydrogen) atoms. The maximum absolute atomic E-state index is 8.74. The van der Waals surface area contributed by atoms with Crippen molar-refractivity contribution in [1.82, 2.24) is 0 Å². The molecule has 0 aliphatic heterocycles. The molecule has 0 fully saturated rings. The first kappa shape index (κ1) is 78.7. The molecule has 4 N–H and O–H groups in total. The second-order valence-corrected chi connectivity index (χ2v) is 2.77. The van der Waals surface area contributed by atoms with Crippen molar-refractivity contribution < 1.29 is 56.7 Å². The third-order valence-electron chi connectivity index (χ3n) is 0. The van der Waals surface area contributed by atoms with Crippen LogP contribution in [0.2, 0.25) is 0 Å². The van der Waals surface area contributed by atoms with E-state index in [1.165, 1.54) is 0 Å². The van der Waals surface area contributed by atoms with Gasteiger partial charge in [0.05, 0.1) is 0 Å². The summed E-state index contributed by atoms with van der Waals surface area (Å²) in [5.41, 5.74) is 0. The van der Waals surface area contributed by atoms with Gasteiger partial charge in [-0.25, -0.2) is 0 Å². The topological polar surface area (TPSA) is 277 Å². The summed E-state index contributed by atoms with van der Waals surface area (Å²) in [6.45, 7) is 0. The van der Waals surface area contributed by atoms with Gasteiger partial charge < -0.3 is 5.48 Å². The van der Waals surface area contributed by atoms with Gasteiger partial charge in [0.1, 0.15) is 0 Å². The molecule has 0 saturated heterocycles. The summed E-state index contributed by atoms with van der Waals surface area (Å²) in [5.74, 6) is 0. The molecule has 0 unspecified atom stereocenters. The second kappa shape index (κ2) is 68.3. The van der Waals surface area contributed by atoms with Gasteiger partial charge in [-0.1, -0.05) is 37.1 Å². The Morgan fingerprint density at radius 3 is 0.625 bits per heavy atom. The van der Waals surface area contributed by atoms with Crippen LogP contribution in [-0.2, 0) is 43.2 Å². The molecule has 0 aliphatic carbocycles. The van der Waals surface area contributed by atoms with Crippen molar-refractivity contribution in [3.05, 3.63) is 9.93 Å². The van der Waals surface area contributed by atoms with Gasteiger partial charge in [0.15, 0.2) is 0 Å². The van der Waals surface area contributed by atoms with E-state index in [1.807, 2.05) is 0 Å². The Morgan fingerprint density at radius 1 is 0.625 bits per heavy atom. The second-order valence-electron chi connectivity index (χ2n) is 0.924. The summed E-state index contributed by atoms with van der Waals surface area (Å²) in [7, 11) is -10.9. The van der Waals surface area contributed by atoms with Gasteiger partial charge in [0.2, 0.25) is 0 Å². The van der Waals surface area contributed by atoms with Crippen LogP contribution in [0.3, 0.4) is 0 Å². The van der Waals surface area contributed by atoms with Crippen LogP contribution in [0.15, 0.2) is 0 Å². The van der Waals surface area contributed by atoms with Crippen LogP contribution in [0.25, 0.3) is 0 Å². The minimum Gasteiger partial charge on any atom is -0.412 e. The quantitative estimate of drug-likeness (QED) is 0.421. The summed E-state index contributed by atoms with van der Waals surface area (Å²) in [4.78, 5) is 14.0. The molecule has 0 atom stereocenters. The summed E-state index contributed by atoms with van der Waals surface area (Å²) >= 11 is -0.750. The summed E-state index contributed by atoms with van der Waals surface area (Å²) in [6.07, 6.45) is 0. The molecular weight excluding hydrogens is 428 g/mol. The molecule has 0 bridgehead atoms. The first-order valence-electron chi connectivity index (χ1n) is 2.20. The van der Waals surface area contributed by atoms with Crippen LogP contribution in [0.4, 0.5) is 0 Å². The average molecular weight is 453 g/mol. The van der Waals surface area contributed by atoms with E-state index in [0.717, 1.165) is 0 Å². The summed E-state index contributed by atoms with van der Waals surface area (Å²) in [5, 5.41) is 0. The molecule has 0 spiro atoms. The highest BCUT2D eigenvalue weighted by atomic mass is 32.3. The lowest BCUT2D eigenvalue weighted by Gasteiger charge is -1.68. The molecule has 0 aromatic rings. The van der Waals surface area contributed by atoms with Gasteiger partial charge in [-0.2, -0.15) is 16.8 Å². The Labute approximate surface area is 147 Å². The van der Waals surface area contributed by atoms with E-state index < -0.39 is 43.2 Å². The predicted octanol–water partition coefficient (Wildman–Crippen LogP) is -0.908. The van der Waals surface area contributed by atoms with Crippen LogP contribution in [0, 0.1) is 9.93 Å². The fraction of sp³-hybridized carbons (Fsp3) is 1.00. The lowest BCUT2D eigenvalue weighted by Crippen LogP contribution is -1.89. The van der Waals surface area contributed by atoms with Gasteiger partial charge in [-0.05, 0) is 0 Å². The third-order valence-corrected chi connectivity index (χ3v) is 0. The molecule has 0 aromatic heterocycles. The van der Waals surface area contributed by atoms with Gasteiger partial charge in [0, 0.05) is 9.93 Å². The molecule has 15 nitrogen and oxygen atoms in total. The van der Waals surface area contributed by atoms with Crippen LogP contribution < -0.4 is 0 Å². The van der Waals surface area contributed by atoms with E-state index in [1.54, 1.807) is 0 Å². The molecule has 19 heteroatoms. The Bertz CT molecular complexity index is 455. The summed E-state index contributed by atoms with van der Waals surface area (Å²) in [6, 6.07) is 0. The zero-order chi connectivity index (χ0) is 16.4. The van der Waals surface area contributed by atoms with Crippen molar-refractivity contribution in [2.24, 2.45) is 0 Å². The number of hydrogen-bond donors (Lipinski definition) is 2. The Hall–Kier alpha value is -1.51. The van der Waals surface area contributed by atoms with Crippen molar-refractivity contribution in [3.8, 4) is 0 Å². The van der Waals surface area contributed by atoms with Crippen LogP contribution in [0.1, 0.15) is 37.1 Å². The van der Waals surface area contributed by atoms with Crippen LogP contribution >= 0.6 is 0 Å². The largest absolute Gasteiger partial charge is 0.425 e. The molecular formula is C5H24O15S4. The van der Waals surface area contributed by atoms with E-state index in [4.69, 9.17) is 61.1 Å².